The average Bonchev–Trinajstić information content (AvgIpc) is 2.57. The summed E-state index contributed by atoms with van der Waals surface area (Å²) >= 11 is 0. The van der Waals surface area contributed by atoms with Crippen LogP contribution < -0.4 is 5.73 Å². The first kappa shape index (κ1) is 11.2. The molecule has 1 rings (SSSR count). The summed E-state index contributed by atoms with van der Waals surface area (Å²) in [4.78, 5) is 0. The van der Waals surface area contributed by atoms with Gasteiger partial charge in [-0.2, -0.15) is 0 Å². The smallest absolute Gasteiger partial charge is 0.0997 e. The van der Waals surface area contributed by atoms with Crippen molar-refractivity contribution in [3.63, 3.8) is 0 Å². The molecule has 0 saturated heterocycles. The maximum absolute atomic E-state index is 5.61. The zero-order chi connectivity index (χ0) is 10.6. The Kier molecular flexibility index (Phi) is 4.07. The van der Waals surface area contributed by atoms with E-state index in [0.717, 1.165) is 18.7 Å². The molecule has 0 unspecified atom stereocenters. The Morgan fingerprint density at radius 1 is 1.43 bits per heavy atom. The maximum Gasteiger partial charge on any atom is 0.0997 e. The summed E-state index contributed by atoms with van der Waals surface area (Å²) in [6.45, 7) is 7.92. The molecule has 2 N–H and O–H groups in total. The van der Waals surface area contributed by atoms with Crippen LogP contribution in [0.15, 0.2) is 0 Å². The molecule has 1 aromatic heterocycles. The minimum atomic E-state index is 0.445. The summed E-state index contributed by atoms with van der Waals surface area (Å²) in [6.07, 6.45) is 2.32. The van der Waals surface area contributed by atoms with Gasteiger partial charge in [0.25, 0.3) is 0 Å². The summed E-state index contributed by atoms with van der Waals surface area (Å²) in [5.41, 5.74) is 7.75. The van der Waals surface area contributed by atoms with Gasteiger partial charge in [0.2, 0.25) is 0 Å². The maximum atomic E-state index is 5.61. The molecule has 0 spiro atoms. The summed E-state index contributed by atoms with van der Waals surface area (Å²) < 4.78 is 2.00. The lowest BCUT2D eigenvalue weighted by Crippen LogP contribution is -2.09. The van der Waals surface area contributed by atoms with Crippen molar-refractivity contribution in [3.8, 4) is 0 Å². The Labute approximate surface area is 85.5 Å². The van der Waals surface area contributed by atoms with Crippen molar-refractivity contribution in [2.24, 2.45) is 5.73 Å². The van der Waals surface area contributed by atoms with E-state index in [-0.39, 0.29) is 0 Å². The molecule has 0 amide bonds. The molecule has 0 bridgehead atoms. The van der Waals surface area contributed by atoms with Crippen LogP contribution in [0.1, 0.15) is 50.9 Å². The summed E-state index contributed by atoms with van der Waals surface area (Å²) in [6, 6.07) is 0. The van der Waals surface area contributed by atoms with Gasteiger partial charge < -0.3 is 5.73 Å². The fraction of sp³-hybridized carbons (Fsp3) is 0.800. The van der Waals surface area contributed by atoms with E-state index in [0.29, 0.717) is 12.5 Å². The second-order valence-corrected chi connectivity index (χ2v) is 3.86. The van der Waals surface area contributed by atoms with Gasteiger partial charge in [0.1, 0.15) is 0 Å². The molecule has 1 heterocycles. The lowest BCUT2D eigenvalue weighted by atomic mass is 10.1. The van der Waals surface area contributed by atoms with Crippen LogP contribution in [0.4, 0.5) is 0 Å². The van der Waals surface area contributed by atoms with Crippen molar-refractivity contribution in [2.45, 2.75) is 52.6 Å². The molecule has 14 heavy (non-hydrogen) atoms. The first-order chi connectivity index (χ1) is 6.70. The minimum Gasteiger partial charge on any atom is -0.325 e. The first-order valence-corrected chi connectivity index (χ1v) is 5.33. The highest BCUT2D eigenvalue weighted by Gasteiger charge is 2.13. The average molecular weight is 196 g/mol. The zero-order valence-corrected chi connectivity index (χ0v) is 9.32. The number of rotatable bonds is 5. The quantitative estimate of drug-likeness (QED) is 0.779. The first-order valence-electron chi connectivity index (χ1n) is 5.33. The van der Waals surface area contributed by atoms with E-state index in [1.165, 1.54) is 12.1 Å². The molecular formula is C10H20N4. The van der Waals surface area contributed by atoms with E-state index in [1.807, 2.05) is 4.68 Å². The molecule has 0 aliphatic carbocycles. The van der Waals surface area contributed by atoms with E-state index < -0.39 is 0 Å². The largest absolute Gasteiger partial charge is 0.325 e. The van der Waals surface area contributed by atoms with Crippen LogP contribution in [0.2, 0.25) is 0 Å². The number of unbranched alkanes of at least 4 members (excludes halogenated alkanes) is 1. The van der Waals surface area contributed by atoms with E-state index in [9.17, 15) is 0 Å². The number of nitrogens with two attached hydrogens (primary N) is 1. The van der Waals surface area contributed by atoms with E-state index in [2.05, 4.69) is 31.1 Å². The van der Waals surface area contributed by atoms with Crippen molar-refractivity contribution in [2.75, 3.05) is 0 Å². The molecule has 0 aliphatic heterocycles. The van der Waals surface area contributed by atoms with Crippen molar-refractivity contribution >= 4 is 0 Å². The van der Waals surface area contributed by atoms with Gasteiger partial charge in [-0.1, -0.05) is 32.4 Å². The number of aryl methyl sites for hydroxylation is 1. The van der Waals surface area contributed by atoms with Crippen LogP contribution in [0.3, 0.4) is 0 Å². The van der Waals surface area contributed by atoms with Crippen molar-refractivity contribution < 1.29 is 0 Å². The second kappa shape index (κ2) is 5.10. The Morgan fingerprint density at radius 2 is 2.14 bits per heavy atom. The monoisotopic (exact) mass is 196 g/mol. The van der Waals surface area contributed by atoms with Gasteiger partial charge in [0, 0.05) is 13.1 Å². The highest BCUT2D eigenvalue weighted by Crippen LogP contribution is 2.17. The van der Waals surface area contributed by atoms with Crippen LogP contribution in [0, 0.1) is 0 Å². The van der Waals surface area contributed by atoms with Gasteiger partial charge in [-0.25, -0.2) is 4.68 Å². The molecule has 0 radical (unpaired) electrons. The molecule has 0 aromatic carbocycles. The van der Waals surface area contributed by atoms with Crippen LogP contribution in [0.5, 0.6) is 0 Å². The van der Waals surface area contributed by atoms with Gasteiger partial charge >= 0.3 is 0 Å². The number of aromatic nitrogens is 3. The topological polar surface area (TPSA) is 56.7 Å². The predicted octanol–water partition coefficient (Wildman–Crippen LogP) is 1.66. The molecule has 4 heteroatoms. The Bertz CT molecular complexity index is 278. The zero-order valence-electron chi connectivity index (χ0n) is 9.32. The molecule has 0 atom stereocenters. The number of nitrogens with zero attached hydrogens (tertiary/aromatic N) is 3. The molecule has 4 nitrogen and oxygen atoms in total. The normalized spacial score (nSPS) is 11.2. The van der Waals surface area contributed by atoms with E-state index in [1.54, 1.807) is 0 Å². The molecule has 0 aliphatic rings. The third-order valence-electron chi connectivity index (χ3n) is 2.31. The Morgan fingerprint density at radius 3 is 2.64 bits per heavy atom. The molecular weight excluding hydrogens is 176 g/mol. The highest BCUT2D eigenvalue weighted by atomic mass is 15.4. The van der Waals surface area contributed by atoms with Crippen LogP contribution in [-0.2, 0) is 13.1 Å². The number of hydrogen-bond acceptors (Lipinski definition) is 3. The summed E-state index contributed by atoms with van der Waals surface area (Å²) in [5, 5.41) is 8.23. The summed E-state index contributed by atoms with van der Waals surface area (Å²) in [5.74, 6) is 0.445. The predicted molar refractivity (Wildman–Crippen MR) is 56.9 cm³/mol. The third kappa shape index (κ3) is 2.32. The molecule has 0 fully saturated rings. The molecule has 1 aromatic rings. The Balaban J connectivity index is 2.87. The van der Waals surface area contributed by atoms with Gasteiger partial charge in [0.15, 0.2) is 0 Å². The van der Waals surface area contributed by atoms with Gasteiger partial charge in [0.05, 0.1) is 11.4 Å². The van der Waals surface area contributed by atoms with Crippen molar-refractivity contribution in [1.29, 1.82) is 0 Å². The lowest BCUT2D eigenvalue weighted by molar-refractivity contribution is 0.521. The van der Waals surface area contributed by atoms with Gasteiger partial charge in [-0.05, 0) is 12.3 Å². The summed E-state index contributed by atoms with van der Waals surface area (Å²) in [7, 11) is 0. The molecule has 80 valence electrons. The number of hydrogen-bond donors (Lipinski definition) is 1. The minimum absolute atomic E-state index is 0.445. The highest BCUT2D eigenvalue weighted by molar-refractivity contribution is 5.13. The van der Waals surface area contributed by atoms with Crippen LogP contribution in [-0.4, -0.2) is 15.0 Å². The van der Waals surface area contributed by atoms with Crippen molar-refractivity contribution in [1.82, 2.24) is 15.0 Å². The SMILES string of the molecule is CCCCn1nnc(CN)c1C(C)C. The van der Waals surface area contributed by atoms with Gasteiger partial charge in [-0.15, -0.1) is 5.10 Å². The Hall–Kier alpha value is -0.900. The van der Waals surface area contributed by atoms with Crippen LogP contribution in [0.25, 0.3) is 0 Å². The van der Waals surface area contributed by atoms with Crippen LogP contribution >= 0.6 is 0 Å². The fourth-order valence-corrected chi connectivity index (χ4v) is 1.61. The standard InChI is InChI=1S/C10H20N4/c1-4-5-6-14-10(8(2)3)9(7-11)12-13-14/h8H,4-7,11H2,1-3H3. The molecule has 0 saturated carbocycles. The van der Waals surface area contributed by atoms with Crippen molar-refractivity contribution in [3.05, 3.63) is 11.4 Å². The lowest BCUT2D eigenvalue weighted by Gasteiger charge is -2.09. The van der Waals surface area contributed by atoms with Gasteiger partial charge in [-0.3, -0.25) is 0 Å². The fourth-order valence-electron chi connectivity index (χ4n) is 1.61. The van der Waals surface area contributed by atoms with E-state index >= 15 is 0 Å². The second-order valence-electron chi connectivity index (χ2n) is 3.86. The van der Waals surface area contributed by atoms with E-state index in [4.69, 9.17) is 5.73 Å². The third-order valence-corrected chi connectivity index (χ3v) is 2.31.